The lowest BCUT2D eigenvalue weighted by atomic mass is 9.91. The topological polar surface area (TPSA) is 38.5 Å². The quantitative estimate of drug-likeness (QED) is 0.632. The van der Waals surface area contributed by atoms with Crippen LogP contribution in [-0.4, -0.2) is 44.3 Å². The predicted octanol–water partition coefficient (Wildman–Crippen LogP) is 0.446. The molecule has 1 rings (SSSR count). The molecule has 0 unspecified atom stereocenters. The summed E-state index contributed by atoms with van der Waals surface area (Å²) in [6.45, 7) is 3.66. The number of ether oxygens (including phenoxy) is 1. The molecule has 0 saturated heterocycles. The molecule has 0 amide bonds. The van der Waals surface area contributed by atoms with Gasteiger partial charge < -0.3 is 10.5 Å². The molecule has 3 heteroatoms. The molecule has 0 aromatic carbocycles. The van der Waals surface area contributed by atoms with E-state index < -0.39 is 0 Å². The van der Waals surface area contributed by atoms with Crippen molar-refractivity contribution in [3.8, 4) is 0 Å². The van der Waals surface area contributed by atoms with E-state index in [-0.39, 0.29) is 0 Å². The molecular formula is C9H20N2O. The second-order valence-electron chi connectivity index (χ2n) is 3.40. The number of nitrogens with zero attached hydrogens (tertiary/aromatic N) is 1. The van der Waals surface area contributed by atoms with Gasteiger partial charge >= 0.3 is 0 Å². The summed E-state index contributed by atoms with van der Waals surface area (Å²) in [6.07, 6.45) is 4.09. The molecule has 1 fully saturated rings. The number of methoxy groups -OCH3 is 1. The van der Waals surface area contributed by atoms with Crippen molar-refractivity contribution in [2.24, 2.45) is 5.73 Å². The van der Waals surface area contributed by atoms with Gasteiger partial charge in [-0.1, -0.05) is 6.42 Å². The zero-order valence-electron chi connectivity index (χ0n) is 7.96. The number of nitrogens with two attached hydrogens (primary N) is 1. The van der Waals surface area contributed by atoms with Crippen LogP contribution >= 0.6 is 0 Å². The van der Waals surface area contributed by atoms with Gasteiger partial charge in [-0.2, -0.15) is 0 Å². The zero-order chi connectivity index (χ0) is 8.81. The van der Waals surface area contributed by atoms with Crippen molar-refractivity contribution < 1.29 is 4.74 Å². The Bertz CT molecular complexity index is 115. The summed E-state index contributed by atoms with van der Waals surface area (Å²) >= 11 is 0. The molecule has 0 radical (unpaired) electrons. The lowest BCUT2D eigenvalue weighted by Gasteiger charge is -2.37. The average Bonchev–Trinajstić information content (AvgIpc) is 1.97. The van der Waals surface area contributed by atoms with Crippen molar-refractivity contribution in [1.82, 2.24) is 4.90 Å². The SMILES string of the molecule is COCCN(CCN)C1CCC1. The van der Waals surface area contributed by atoms with E-state index in [1.165, 1.54) is 19.3 Å². The van der Waals surface area contributed by atoms with Crippen molar-refractivity contribution in [3.63, 3.8) is 0 Å². The molecule has 0 aromatic heterocycles. The highest BCUT2D eigenvalue weighted by Crippen LogP contribution is 2.23. The van der Waals surface area contributed by atoms with E-state index in [9.17, 15) is 0 Å². The van der Waals surface area contributed by atoms with Crippen LogP contribution < -0.4 is 5.73 Å². The molecule has 2 N–H and O–H groups in total. The molecule has 0 heterocycles. The minimum absolute atomic E-state index is 0.764. The summed E-state index contributed by atoms with van der Waals surface area (Å²) in [4.78, 5) is 2.45. The van der Waals surface area contributed by atoms with Gasteiger partial charge in [0.15, 0.2) is 0 Å². The van der Waals surface area contributed by atoms with Gasteiger partial charge in [0.05, 0.1) is 6.61 Å². The number of hydrogen-bond donors (Lipinski definition) is 1. The molecule has 0 aliphatic heterocycles. The second-order valence-corrected chi connectivity index (χ2v) is 3.40. The molecule has 12 heavy (non-hydrogen) atoms. The Balaban J connectivity index is 2.17. The van der Waals surface area contributed by atoms with Gasteiger partial charge in [-0.15, -0.1) is 0 Å². The van der Waals surface area contributed by atoms with E-state index >= 15 is 0 Å². The fourth-order valence-electron chi connectivity index (χ4n) is 1.60. The molecule has 0 aromatic rings. The highest BCUT2D eigenvalue weighted by Gasteiger charge is 2.23. The van der Waals surface area contributed by atoms with Crippen molar-refractivity contribution >= 4 is 0 Å². The molecule has 0 bridgehead atoms. The van der Waals surface area contributed by atoms with Crippen molar-refractivity contribution in [2.45, 2.75) is 25.3 Å². The third kappa shape index (κ3) is 2.73. The Morgan fingerprint density at radius 1 is 1.42 bits per heavy atom. The lowest BCUT2D eigenvalue weighted by molar-refractivity contribution is 0.0874. The minimum atomic E-state index is 0.764. The van der Waals surface area contributed by atoms with E-state index in [1.807, 2.05) is 0 Å². The van der Waals surface area contributed by atoms with Gasteiger partial charge in [-0.3, -0.25) is 4.90 Å². The first-order chi connectivity index (χ1) is 5.88. The highest BCUT2D eigenvalue weighted by molar-refractivity contribution is 4.79. The Hall–Kier alpha value is -0.120. The maximum absolute atomic E-state index is 5.54. The van der Waals surface area contributed by atoms with Gasteiger partial charge in [-0.05, 0) is 12.8 Å². The molecule has 0 atom stereocenters. The Labute approximate surface area is 74.9 Å². The van der Waals surface area contributed by atoms with Crippen LogP contribution in [0.15, 0.2) is 0 Å². The zero-order valence-corrected chi connectivity index (χ0v) is 7.96. The molecule has 3 nitrogen and oxygen atoms in total. The molecule has 1 aliphatic carbocycles. The maximum Gasteiger partial charge on any atom is 0.0589 e. The molecule has 1 saturated carbocycles. The van der Waals surface area contributed by atoms with Gasteiger partial charge in [-0.25, -0.2) is 0 Å². The summed E-state index contributed by atoms with van der Waals surface area (Å²) < 4.78 is 5.05. The summed E-state index contributed by atoms with van der Waals surface area (Å²) in [5.74, 6) is 0. The summed E-state index contributed by atoms with van der Waals surface area (Å²) in [7, 11) is 1.75. The summed E-state index contributed by atoms with van der Waals surface area (Å²) in [6, 6.07) is 0.795. The standard InChI is InChI=1S/C9H20N2O/c1-12-8-7-11(6-5-10)9-3-2-4-9/h9H,2-8,10H2,1H3. The van der Waals surface area contributed by atoms with Crippen LogP contribution in [0.5, 0.6) is 0 Å². The monoisotopic (exact) mass is 172 g/mol. The Morgan fingerprint density at radius 2 is 2.17 bits per heavy atom. The van der Waals surface area contributed by atoms with E-state index in [4.69, 9.17) is 10.5 Å². The molecular weight excluding hydrogens is 152 g/mol. The van der Waals surface area contributed by atoms with Crippen LogP contribution in [0.25, 0.3) is 0 Å². The van der Waals surface area contributed by atoms with Crippen LogP contribution in [0.3, 0.4) is 0 Å². The smallest absolute Gasteiger partial charge is 0.0589 e. The van der Waals surface area contributed by atoms with E-state index in [1.54, 1.807) is 7.11 Å². The van der Waals surface area contributed by atoms with Gasteiger partial charge in [0.25, 0.3) is 0 Å². The van der Waals surface area contributed by atoms with Crippen LogP contribution in [0.4, 0.5) is 0 Å². The van der Waals surface area contributed by atoms with Crippen LogP contribution in [0.1, 0.15) is 19.3 Å². The fourth-order valence-corrected chi connectivity index (χ4v) is 1.60. The first-order valence-electron chi connectivity index (χ1n) is 4.81. The number of rotatable bonds is 6. The van der Waals surface area contributed by atoms with E-state index in [0.29, 0.717) is 0 Å². The Kier molecular flexibility index (Phi) is 4.58. The molecule has 0 spiro atoms. The minimum Gasteiger partial charge on any atom is -0.383 e. The third-order valence-corrected chi connectivity index (χ3v) is 2.59. The average molecular weight is 172 g/mol. The van der Waals surface area contributed by atoms with Crippen LogP contribution in [-0.2, 0) is 4.74 Å². The van der Waals surface area contributed by atoms with Gasteiger partial charge in [0.2, 0.25) is 0 Å². The normalized spacial score (nSPS) is 18.2. The van der Waals surface area contributed by atoms with Gasteiger partial charge in [0.1, 0.15) is 0 Å². The first-order valence-corrected chi connectivity index (χ1v) is 4.81. The van der Waals surface area contributed by atoms with Gasteiger partial charge in [0, 0.05) is 32.8 Å². The largest absolute Gasteiger partial charge is 0.383 e. The van der Waals surface area contributed by atoms with Crippen molar-refractivity contribution in [2.75, 3.05) is 33.4 Å². The lowest BCUT2D eigenvalue weighted by Crippen LogP contribution is -2.44. The fraction of sp³-hybridized carbons (Fsp3) is 1.00. The number of hydrogen-bond acceptors (Lipinski definition) is 3. The summed E-state index contributed by atoms with van der Waals surface area (Å²) in [5, 5.41) is 0. The third-order valence-electron chi connectivity index (χ3n) is 2.59. The first kappa shape index (κ1) is 9.96. The second kappa shape index (κ2) is 5.51. The predicted molar refractivity (Wildman–Crippen MR) is 50.1 cm³/mol. The highest BCUT2D eigenvalue weighted by atomic mass is 16.5. The van der Waals surface area contributed by atoms with E-state index in [0.717, 1.165) is 32.3 Å². The van der Waals surface area contributed by atoms with Crippen molar-refractivity contribution in [1.29, 1.82) is 0 Å². The van der Waals surface area contributed by atoms with Crippen LogP contribution in [0, 0.1) is 0 Å². The van der Waals surface area contributed by atoms with E-state index in [2.05, 4.69) is 4.90 Å². The maximum atomic E-state index is 5.54. The van der Waals surface area contributed by atoms with Crippen molar-refractivity contribution in [3.05, 3.63) is 0 Å². The molecule has 72 valence electrons. The van der Waals surface area contributed by atoms with Crippen LogP contribution in [0.2, 0.25) is 0 Å². The summed E-state index contributed by atoms with van der Waals surface area (Å²) in [5.41, 5.74) is 5.54. The molecule has 1 aliphatic rings. The Morgan fingerprint density at radius 3 is 2.58 bits per heavy atom.